The Kier molecular flexibility index (Phi) is 4.47. The second-order valence-corrected chi connectivity index (χ2v) is 3.70. The summed E-state index contributed by atoms with van der Waals surface area (Å²) < 4.78 is 36.8. The Bertz CT molecular complexity index is 471. The van der Waals surface area contributed by atoms with Crippen molar-refractivity contribution >= 4 is 11.9 Å². The average Bonchev–Trinajstić information content (AvgIpc) is 2.34. The van der Waals surface area contributed by atoms with E-state index in [2.05, 4.69) is 10.3 Å². The molecule has 1 amide bonds. The predicted octanol–water partition coefficient (Wildman–Crippen LogP) is 1.69. The number of pyridine rings is 1. The Hall–Kier alpha value is -2.12. The molecule has 0 saturated heterocycles. The largest absolute Gasteiger partial charge is 0.480 e. The Balaban J connectivity index is 2.81. The topological polar surface area (TPSA) is 79.3 Å². The van der Waals surface area contributed by atoms with Gasteiger partial charge in [-0.15, -0.1) is 0 Å². The van der Waals surface area contributed by atoms with Crippen molar-refractivity contribution in [2.45, 2.75) is 25.6 Å². The van der Waals surface area contributed by atoms with Crippen LogP contribution in [0.15, 0.2) is 18.3 Å². The zero-order chi connectivity index (χ0) is 14.6. The lowest BCUT2D eigenvalue weighted by molar-refractivity contribution is -0.141. The highest BCUT2D eigenvalue weighted by atomic mass is 19.4. The van der Waals surface area contributed by atoms with E-state index in [0.717, 1.165) is 12.3 Å². The zero-order valence-electron chi connectivity index (χ0n) is 9.86. The van der Waals surface area contributed by atoms with Crippen molar-refractivity contribution in [3.8, 4) is 0 Å². The Labute approximate surface area is 106 Å². The number of alkyl halides is 3. The van der Waals surface area contributed by atoms with Crippen molar-refractivity contribution in [2.75, 3.05) is 0 Å². The third kappa shape index (κ3) is 3.94. The average molecular weight is 276 g/mol. The first kappa shape index (κ1) is 14.9. The second-order valence-electron chi connectivity index (χ2n) is 3.70. The number of nitrogens with one attached hydrogen (secondary N) is 1. The van der Waals surface area contributed by atoms with Gasteiger partial charge < -0.3 is 10.4 Å². The molecule has 8 heteroatoms. The van der Waals surface area contributed by atoms with E-state index < -0.39 is 29.8 Å². The molecule has 0 aliphatic heterocycles. The van der Waals surface area contributed by atoms with Crippen LogP contribution in [-0.4, -0.2) is 28.0 Å². The third-order valence-electron chi connectivity index (χ3n) is 2.33. The van der Waals surface area contributed by atoms with Crippen molar-refractivity contribution < 1.29 is 27.9 Å². The number of carbonyl (C=O) groups is 2. The van der Waals surface area contributed by atoms with E-state index >= 15 is 0 Å². The summed E-state index contributed by atoms with van der Waals surface area (Å²) in [6.07, 6.45) is -3.66. The SMILES string of the molecule is CCC(NC(=O)c1ccc(C(F)(F)F)nc1)C(=O)O. The summed E-state index contributed by atoms with van der Waals surface area (Å²) >= 11 is 0. The van der Waals surface area contributed by atoms with Crippen molar-refractivity contribution in [3.63, 3.8) is 0 Å². The van der Waals surface area contributed by atoms with Crippen LogP contribution < -0.4 is 5.32 Å². The summed E-state index contributed by atoms with van der Waals surface area (Å²) in [6.45, 7) is 1.56. The number of carboxylic acid groups (broad SMARTS) is 1. The minimum Gasteiger partial charge on any atom is -0.480 e. The van der Waals surface area contributed by atoms with Crippen molar-refractivity contribution in [1.82, 2.24) is 10.3 Å². The van der Waals surface area contributed by atoms with Crippen molar-refractivity contribution in [1.29, 1.82) is 0 Å². The van der Waals surface area contributed by atoms with Gasteiger partial charge in [0.05, 0.1) is 5.56 Å². The molecular weight excluding hydrogens is 265 g/mol. The van der Waals surface area contributed by atoms with E-state index in [1.54, 1.807) is 6.92 Å². The van der Waals surface area contributed by atoms with Gasteiger partial charge >= 0.3 is 12.1 Å². The minimum atomic E-state index is -4.58. The molecule has 0 bridgehead atoms. The molecule has 0 radical (unpaired) electrons. The molecule has 1 unspecified atom stereocenters. The number of aromatic nitrogens is 1. The van der Waals surface area contributed by atoms with E-state index in [-0.39, 0.29) is 12.0 Å². The summed E-state index contributed by atoms with van der Waals surface area (Å²) in [4.78, 5) is 25.4. The smallest absolute Gasteiger partial charge is 0.433 e. The molecule has 0 aliphatic carbocycles. The van der Waals surface area contributed by atoms with Crippen LogP contribution in [0.2, 0.25) is 0 Å². The van der Waals surface area contributed by atoms with Crippen LogP contribution in [0, 0.1) is 0 Å². The molecule has 19 heavy (non-hydrogen) atoms. The molecule has 1 heterocycles. The highest BCUT2D eigenvalue weighted by Gasteiger charge is 2.32. The molecule has 0 spiro atoms. The van der Waals surface area contributed by atoms with Gasteiger partial charge in [-0.3, -0.25) is 9.78 Å². The minimum absolute atomic E-state index is 0.132. The van der Waals surface area contributed by atoms with Gasteiger partial charge in [0, 0.05) is 6.20 Å². The summed E-state index contributed by atoms with van der Waals surface area (Å²) in [5, 5.41) is 10.9. The number of hydrogen-bond acceptors (Lipinski definition) is 3. The van der Waals surface area contributed by atoms with Crippen LogP contribution in [0.5, 0.6) is 0 Å². The van der Waals surface area contributed by atoms with Gasteiger partial charge in [0.1, 0.15) is 11.7 Å². The zero-order valence-corrected chi connectivity index (χ0v) is 9.86. The lowest BCUT2D eigenvalue weighted by Gasteiger charge is -2.12. The molecule has 2 N–H and O–H groups in total. The standard InChI is InChI=1S/C11H11F3N2O3/c1-2-7(10(18)19)16-9(17)6-3-4-8(15-5-6)11(12,13)14/h3-5,7H,2H2,1H3,(H,16,17)(H,18,19). The summed E-state index contributed by atoms with van der Waals surface area (Å²) in [6, 6.07) is 0.519. The fourth-order valence-electron chi connectivity index (χ4n) is 1.28. The van der Waals surface area contributed by atoms with Crippen LogP contribution in [0.4, 0.5) is 13.2 Å². The maximum Gasteiger partial charge on any atom is 0.433 e. The maximum absolute atomic E-state index is 12.3. The molecule has 0 saturated carbocycles. The molecule has 0 aliphatic rings. The van der Waals surface area contributed by atoms with Gasteiger partial charge in [0.15, 0.2) is 0 Å². The number of rotatable bonds is 4. The first-order valence-electron chi connectivity index (χ1n) is 5.32. The highest BCUT2D eigenvalue weighted by molar-refractivity contribution is 5.96. The number of carboxylic acids is 1. The van der Waals surface area contributed by atoms with Gasteiger partial charge in [-0.1, -0.05) is 6.92 Å². The Morgan fingerprint density at radius 1 is 1.42 bits per heavy atom. The van der Waals surface area contributed by atoms with Gasteiger partial charge in [0.25, 0.3) is 5.91 Å². The quantitative estimate of drug-likeness (QED) is 0.877. The number of halogens is 3. The monoisotopic (exact) mass is 276 g/mol. The number of amides is 1. The second kappa shape index (κ2) is 5.68. The van der Waals surface area contributed by atoms with E-state index in [1.165, 1.54) is 0 Å². The van der Waals surface area contributed by atoms with Crippen LogP contribution in [0.1, 0.15) is 29.4 Å². The normalized spacial score (nSPS) is 12.8. The van der Waals surface area contributed by atoms with Crippen molar-refractivity contribution in [2.24, 2.45) is 0 Å². The number of hydrogen-bond donors (Lipinski definition) is 2. The molecule has 0 fully saturated rings. The third-order valence-corrected chi connectivity index (χ3v) is 2.33. The Morgan fingerprint density at radius 2 is 2.05 bits per heavy atom. The van der Waals surface area contributed by atoms with Crippen LogP contribution in [0.25, 0.3) is 0 Å². The molecule has 1 aromatic rings. The predicted molar refractivity (Wildman–Crippen MR) is 58.4 cm³/mol. The molecule has 5 nitrogen and oxygen atoms in total. The summed E-state index contributed by atoms with van der Waals surface area (Å²) in [5.41, 5.74) is -1.25. The van der Waals surface area contributed by atoms with E-state index in [0.29, 0.717) is 6.07 Å². The number of nitrogens with zero attached hydrogens (tertiary/aromatic N) is 1. The van der Waals surface area contributed by atoms with E-state index in [1.807, 2.05) is 0 Å². The first-order valence-corrected chi connectivity index (χ1v) is 5.32. The van der Waals surface area contributed by atoms with Crippen LogP contribution in [-0.2, 0) is 11.0 Å². The summed E-state index contributed by atoms with van der Waals surface area (Å²) in [5.74, 6) is -1.99. The molecular formula is C11H11F3N2O3. The summed E-state index contributed by atoms with van der Waals surface area (Å²) in [7, 11) is 0. The first-order chi connectivity index (χ1) is 8.75. The fourth-order valence-corrected chi connectivity index (χ4v) is 1.28. The number of aliphatic carboxylic acids is 1. The lowest BCUT2D eigenvalue weighted by Crippen LogP contribution is -2.40. The maximum atomic E-state index is 12.3. The fraction of sp³-hybridized carbons (Fsp3) is 0.364. The molecule has 1 aromatic heterocycles. The number of carbonyl (C=O) groups excluding carboxylic acids is 1. The van der Waals surface area contributed by atoms with E-state index in [4.69, 9.17) is 5.11 Å². The molecule has 1 rings (SSSR count). The Morgan fingerprint density at radius 3 is 2.42 bits per heavy atom. The van der Waals surface area contributed by atoms with E-state index in [9.17, 15) is 22.8 Å². The van der Waals surface area contributed by atoms with Crippen LogP contribution in [0.3, 0.4) is 0 Å². The molecule has 1 atom stereocenters. The van der Waals surface area contributed by atoms with Crippen molar-refractivity contribution in [3.05, 3.63) is 29.6 Å². The highest BCUT2D eigenvalue weighted by Crippen LogP contribution is 2.27. The van der Waals surface area contributed by atoms with Gasteiger partial charge in [0.2, 0.25) is 0 Å². The molecule has 0 aromatic carbocycles. The van der Waals surface area contributed by atoms with Gasteiger partial charge in [-0.2, -0.15) is 13.2 Å². The van der Waals surface area contributed by atoms with Crippen LogP contribution >= 0.6 is 0 Å². The van der Waals surface area contributed by atoms with Gasteiger partial charge in [-0.25, -0.2) is 4.79 Å². The molecule has 104 valence electrons. The van der Waals surface area contributed by atoms with Gasteiger partial charge in [-0.05, 0) is 18.6 Å². The lowest BCUT2D eigenvalue weighted by atomic mass is 10.2.